The van der Waals surface area contributed by atoms with Gasteiger partial charge < -0.3 is 10.8 Å². The molecule has 5 nitrogen and oxygen atoms in total. The summed E-state index contributed by atoms with van der Waals surface area (Å²) in [4.78, 5) is 0.244. The largest absolute Gasteiger partial charge is 0.396 e. The van der Waals surface area contributed by atoms with Gasteiger partial charge in [-0.1, -0.05) is 23.8 Å². The lowest BCUT2D eigenvalue weighted by Gasteiger charge is -2.31. The number of nitrogens with two attached hydrogens (primary N) is 1. The summed E-state index contributed by atoms with van der Waals surface area (Å²) in [6.07, 6.45) is 1.58. The van der Waals surface area contributed by atoms with E-state index < -0.39 is 10.0 Å². The molecule has 1 aliphatic heterocycles. The summed E-state index contributed by atoms with van der Waals surface area (Å²) in [5.74, 6) is -0.0140. The molecule has 1 unspecified atom stereocenters. The molecule has 0 spiro atoms. The summed E-state index contributed by atoms with van der Waals surface area (Å²) in [5, 5.41) is 9.44. The molecule has 1 atom stereocenters. The third-order valence-corrected chi connectivity index (χ3v) is 5.98. The molecule has 0 bridgehead atoms. The van der Waals surface area contributed by atoms with Crippen molar-refractivity contribution >= 4 is 38.8 Å². The second-order valence-corrected chi connectivity index (χ2v) is 7.84. The second kappa shape index (κ2) is 6.58. The van der Waals surface area contributed by atoms with E-state index >= 15 is 0 Å². The zero-order valence-corrected chi connectivity index (χ0v) is 13.7. The van der Waals surface area contributed by atoms with Crippen molar-refractivity contribution in [2.24, 2.45) is 11.7 Å². The van der Waals surface area contributed by atoms with Gasteiger partial charge in [-0.05, 0) is 37.0 Å². The maximum Gasteiger partial charge on any atom is 0.243 e. The Bertz CT molecular complexity index is 649. The number of aliphatic hydroxyl groups is 1. The van der Waals surface area contributed by atoms with Crippen molar-refractivity contribution in [2.45, 2.75) is 17.7 Å². The maximum absolute atomic E-state index is 12.6. The fourth-order valence-electron chi connectivity index (χ4n) is 2.40. The van der Waals surface area contributed by atoms with Crippen molar-refractivity contribution < 1.29 is 13.5 Å². The van der Waals surface area contributed by atoms with Crippen LogP contribution in [0.5, 0.6) is 0 Å². The van der Waals surface area contributed by atoms with Crippen LogP contribution in [-0.4, -0.2) is 42.5 Å². The van der Waals surface area contributed by atoms with E-state index in [-0.39, 0.29) is 27.4 Å². The Labute approximate surface area is 134 Å². The Morgan fingerprint density at radius 2 is 2.24 bits per heavy atom. The standard InChI is InChI=1S/C13H17ClN2O3S2/c14-12-6-10(3-4-11(12)13(15)20)21(18,19)16-5-1-2-9(7-16)8-17/h3-4,6,9,17H,1-2,5,7-8H2,(H2,15,20). The van der Waals surface area contributed by atoms with Crippen molar-refractivity contribution in [3.05, 3.63) is 28.8 Å². The quantitative estimate of drug-likeness (QED) is 0.803. The summed E-state index contributed by atoms with van der Waals surface area (Å²) >= 11 is 10.9. The number of nitrogens with zero attached hydrogens (tertiary/aromatic N) is 1. The first kappa shape index (κ1) is 16.6. The van der Waals surface area contributed by atoms with E-state index in [1.165, 1.54) is 22.5 Å². The number of aliphatic hydroxyl groups excluding tert-OH is 1. The van der Waals surface area contributed by atoms with Crippen LogP contribution >= 0.6 is 23.8 Å². The van der Waals surface area contributed by atoms with Gasteiger partial charge in [-0.15, -0.1) is 0 Å². The molecule has 0 aliphatic carbocycles. The number of halogens is 1. The smallest absolute Gasteiger partial charge is 0.243 e. The van der Waals surface area contributed by atoms with Gasteiger partial charge in [-0.25, -0.2) is 8.42 Å². The summed E-state index contributed by atoms with van der Waals surface area (Å²) in [5.41, 5.74) is 5.97. The van der Waals surface area contributed by atoms with Crippen LogP contribution in [0.3, 0.4) is 0 Å². The molecule has 1 aromatic rings. The lowest BCUT2D eigenvalue weighted by molar-refractivity contribution is 0.165. The minimum absolute atomic E-state index is 0.00679. The molecule has 1 aliphatic rings. The van der Waals surface area contributed by atoms with Gasteiger partial charge in [0.2, 0.25) is 10.0 Å². The predicted molar refractivity (Wildman–Crippen MR) is 85.9 cm³/mol. The van der Waals surface area contributed by atoms with Gasteiger partial charge in [0, 0.05) is 25.3 Å². The SMILES string of the molecule is NC(=S)c1ccc(S(=O)(=O)N2CCCC(CO)C2)cc1Cl. The Morgan fingerprint density at radius 1 is 1.52 bits per heavy atom. The average molecular weight is 349 g/mol. The molecule has 0 radical (unpaired) electrons. The van der Waals surface area contributed by atoms with E-state index in [0.29, 0.717) is 18.7 Å². The summed E-state index contributed by atoms with van der Waals surface area (Å²) < 4.78 is 26.6. The fraction of sp³-hybridized carbons (Fsp3) is 0.462. The van der Waals surface area contributed by atoms with Gasteiger partial charge in [0.1, 0.15) is 4.99 Å². The van der Waals surface area contributed by atoms with E-state index in [1.807, 2.05) is 0 Å². The minimum atomic E-state index is -3.62. The third-order valence-electron chi connectivity index (χ3n) is 3.58. The molecule has 21 heavy (non-hydrogen) atoms. The lowest BCUT2D eigenvalue weighted by atomic mass is 10.0. The summed E-state index contributed by atoms with van der Waals surface area (Å²) in [6, 6.07) is 4.34. The molecule has 0 saturated carbocycles. The van der Waals surface area contributed by atoms with Gasteiger partial charge in [0.25, 0.3) is 0 Å². The molecule has 1 aromatic carbocycles. The maximum atomic E-state index is 12.6. The first-order valence-corrected chi connectivity index (χ1v) is 8.79. The first-order valence-electron chi connectivity index (χ1n) is 6.56. The highest BCUT2D eigenvalue weighted by molar-refractivity contribution is 7.89. The van der Waals surface area contributed by atoms with Crippen LogP contribution in [0.4, 0.5) is 0 Å². The van der Waals surface area contributed by atoms with Crippen molar-refractivity contribution in [2.75, 3.05) is 19.7 Å². The topological polar surface area (TPSA) is 83.6 Å². The second-order valence-electron chi connectivity index (χ2n) is 5.06. The normalized spacial score (nSPS) is 20.4. The molecular weight excluding hydrogens is 332 g/mol. The highest BCUT2D eigenvalue weighted by Crippen LogP contribution is 2.26. The molecule has 1 fully saturated rings. The van der Waals surface area contributed by atoms with Crippen LogP contribution in [-0.2, 0) is 10.0 Å². The molecule has 1 heterocycles. The van der Waals surface area contributed by atoms with E-state index in [9.17, 15) is 13.5 Å². The van der Waals surface area contributed by atoms with Gasteiger partial charge in [-0.3, -0.25) is 0 Å². The lowest BCUT2D eigenvalue weighted by Crippen LogP contribution is -2.40. The molecule has 2 rings (SSSR count). The monoisotopic (exact) mass is 348 g/mol. The highest BCUT2D eigenvalue weighted by atomic mass is 35.5. The van der Waals surface area contributed by atoms with Crippen LogP contribution in [0.15, 0.2) is 23.1 Å². The first-order chi connectivity index (χ1) is 9.86. The predicted octanol–water partition coefficient (Wildman–Crippen LogP) is 1.37. The van der Waals surface area contributed by atoms with E-state index in [4.69, 9.17) is 29.6 Å². The number of sulfonamides is 1. The molecule has 0 aromatic heterocycles. The molecule has 8 heteroatoms. The van der Waals surface area contributed by atoms with Gasteiger partial charge in [0.05, 0.1) is 9.92 Å². The van der Waals surface area contributed by atoms with Crippen LogP contribution in [0, 0.1) is 5.92 Å². The number of piperidine rings is 1. The number of hydrogen-bond acceptors (Lipinski definition) is 4. The van der Waals surface area contributed by atoms with Crippen molar-refractivity contribution in [1.29, 1.82) is 0 Å². The van der Waals surface area contributed by atoms with Crippen LogP contribution in [0.2, 0.25) is 5.02 Å². The Kier molecular flexibility index (Phi) is 5.21. The van der Waals surface area contributed by atoms with Crippen LogP contribution < -0.4 is 5.73 Å². The molecule has 116 valence electrons. The third kappa shape index (κ3) is 3.54. The highest BCUT2D eigenvalue weighted by Gasteiger charge is 2.30. The number of thiocarbonyl (C=S) groups is 1. The van der Waals surface area contributed by atoms with Crippen molar-refractivity contribution in [3.8, 4) is 0 Å². The molecule has 3 N–H and O–H groups in total. The van der Waals surface area contributed by atoms with Crippen LogP contribution in [0.1, 0.15) is 18.4 Å². The van der Waals surface area contributed by atoms with Gasteiger partial charge in [0.15, 0.2) is 0 Å². The van der Waals surface area contributed by atoms with E-state index in [2.05, 4.69) is 0 Å². The number of hydrogen-bond donors (Lipinski definition) is 2. The fourth-order valence-corrected chi connectivity index (χ4v) is 4.56. The zero-order valence-electron chi connectivity index (χ0n) is 11.3. The minimum Gasteiger partial charge on any atom is -0.396 e. The number of benzene rings is 1. The Hall–Kier alpha value is -0.730. The van der Waals surface area contributed by atoms with Crippen molar-refractivity contribution in [3.63, 3.8) is 0 Å². The average Bonchev–Trinajstić information content (AvgIpc) is 2.46. The molecular formula is C13H17ClN2O3S2. The van der Waals surface area contributed by atoms with E-state index in [1.54, 1.807) is 0 Å². The van der Waals surface area contributed by atoms with E-state index in [0.717, 1.165) is 12.8 Å². The van der Waals surface area contributed by atoms with Gasteiger partial charge in [-0.2, -0.15) is 4.31 Å². The molecule has 1 saturated heterocycles. The van der Waals surface area contributed by atoms with Gasteiger partial charge >= 0.3 is 0 Å². The zero-order chi connectivity index (χ0) is 15.6. The Balaban J connectivity index is 2.31. The summed E-state index contributed by atoms with van der Waals surface area (Å²) in [6.45, 7) is 0.772. The van der Waals surface area contributed by atoms with Crippen molar-refractivity contribution in [1.82, 2.24) is 4.31 Å². The Morgan fingerprint density at radius 3 is 2.81 bits per heavy atom. The molecule has 0 amide bonds. The number of rotatable bonds is 4. The summed E-state index contributed by atoms with van der Waals surface area (Å²) in [7, 11) is -3.62. The van der Waals surface area contributed by atoms with Crippen LogP contribution in [0.25, 0.3) is 0 Å².